The molecule has 16 heavy (non-hydrogen) atoms. The predicted molar refractivity (Wildman–Crippen MR) is 61.7 cm³/mol. The number of rotatable bonds is 3. The lowest BCUT2D eigenvalue weighted by Crippen LogP contribution is -2.01. The summed E-state index contributed by atoms with van der Waals surface area (Å²) in [7, 11) is 0. The van der Waals surface area contributed by atoms with Crippen molar-refractivity contribution in [2.75, 3.05) is 0 Å². The highest BCUT2D eigenvalue weighted by molar-refractivity contribution is 5.87. The fraction of sp³-hybridized carbons (Fsp3) is 0.154. The van der Waals surface area contributed by atoms with Gasteiger partial charge in [0.15, 0.2) is 0 Å². The molecule has 2 rings (SSSR count). The van der Waals surface area contributed by atoms with Crippen molar-refractivity contribution < 1.29 is 9.90 Å². The minimum absolute atomic E-state index is 0.327. The van der Waals surface area contributed by atoms with Crippen molar-refractivity contribution in [1.29, 1.82) is 0 Å². The second-order valence-corrected chi connectivity index (χ2v) is 3.78. The average Bonchev–Trinajstić information content (AvgIpc) is 2.65. The van der Waals surface area contributed by atoms with Gasteiger partial charge in [-0.05, 0) is 36.8 Å². The monoisotopic (exact) mass is 215 g/mol. The van der Waals surface area contributed by atoms with Crippen molar-refractivity contribution in [2.45, 2.75) is 13.5 Å². The first-order valence-electron chi connectivity index (χ1n) is 5.11. The van der Waals surface area contributed by atoms with Crippen LogP contribution in [0.25, 0.3) is 0 Å². The first kappa shape index (κ1) is 10.5. The highest BCUT2D eigenvalue weighted by Crippen LogP contribution is 2.08. The van der Waals surface area contributed by atoms with Gasteiger partial charge in [-0.3, -0.25) is 0 Å². The fourth-order valence-corrected chi connectivity index (χ4v) is 1.63. The zero-order valence-electron chi connectivity index (χ0n) is 9.05. The topological polar surface area (TPSA) is 42.2 Å². The molecule has 82 valence electrons. The number of aromatic nitrogens is 1. The standard InChI is InChI=1S/C13H13NO2/c1-10-3-2-8-14(10)9-11-4-6-12(7-5-11)13(15)16/h2-8H,9H2,1H3,(H,15,16). The molecule has 0 aliphatic heterocycles. The van der Waals surface area contributed by atoms with Crippen LogP contribution in [0.5, 0.6) is 0 Å². The smallest absolute Gasteiger partial charge is 0.335 e. The van der Waals surface area contributed by atoms with Crippen molar-refractivity contribution in [2.24, 2.45) is 0 Å². The van der Waals surface area contributed by atoms with Crippen LogP contribution in [-0.2, 0) is 6.54 Å². The van der Waals surface area contributed by atoms with Crippen LogP contribution < -0.4 is 0 Å². The van der Waals surface area contributed by atoms with E-state index in [9.17, 15) is 4.79 Å². The maximum absolute atomic E-state index is 10.7. The third-order valence-electron chi connectivity index (χ3n) is 2.61. The highest BCUT2D eigenvalue weighted by atomic mass is 16.4. The van der Waals surface area contributed by atoms with Crippen molar-refractivity contribution in [3.63, 3.8) is 0 Å². The van der Waals surface area contributed by atoms with Gasteiger partial charge in [0, 0.05) is 18.4 Å². The highest BCUT2D eigenvalue weighted by Gasteiger charge is 2.02. The maximum Gasteiger partial charge on any atom is 0.335 e. The molecule has 1 N–H and O–H groups in total. The fourth-order valence-electron chi connectivity index (χ4n) is 1.63. The SMILES string of the molecule is Cc1cccn1Cc1ccc(C(=O)O)cc1. The summed E-state index contributed by atoms with van der Waals surface area (Å²) in [6, 6.07) is 11.0. The molecule has 0 radical (unpaired) electrons. The Bertz CT molecular complexity index is 497. The van der Waals surface area contributed by atoms with Crippen LogP contribution in [0.15, 0.2) is 42.6 Å². The Morgan fingerprint density at radius 1 is 1.25 bits per heavy atom. The van der Waals surface area contributed by atoms with E-state index >= 15 is 0 Å². The van der Waals surface area contributed by atoms with Crippen LogP contribution in [-0.4, -0.2) is 15.6 Å². The van der Waals surface area contributed by atoms with E-state index < -0.39 is 5.97 Å². The third kappa shape index (κ3) is 2.14. The Balaban J connectivity index is 2.17. The number of carbonyl (C=O) groups is 1. The molecule has 0 aliphatic rings. The molecular formula is C13H13NO2. The molecule has 0 amide bonds. The third-order valence-corrected chi connectivity index (χ3v) is 2.61. The molecule has 3 nitrogen and oxygen atoms in total. The lowest BCUT2D eigenvalue weighted by atomic mass is 10.1. The second kappa shape index (κ2) is 4.23. The summed E-state index contributed by atoms with van der Waals surface area (Å²) in [6.07, 6.45) is 2.01. The number of hydrogen-bond acceptors (Lipinski definition) is 1. The molecule has 1 heterocycles. The van der Waals surface area contributed by atoms with Gasteiger partial charge < -0.3 is 9.67 Å². The van der Waals surface area contributed by atoms with E-state index in [1.807, 2.05) is 37.4 Å². The molecule has 3 heteroatoms. The minimum Gasteiger partial charge on any atom is -0.478 e. The molecule has 1 aromatic carbocycles. The number of nitrogens with zero attached hydrogens (tertiary/aromatic N) is 1. The lowest BCUT2D eigenvalue weighted by molar-refractivity contribution is 0.0697. The van der Waals surface area contributed by atoms with Gasteiger partial charge in [-0.25, -0.2) is 4.79 Å². The quantitative estimate of drug-likeness (QED) is 0.854. The first-order chi connectivity index (χ1) is 7.66. The number of aromatic carboxylic acids is 1. The Kier molecular flexibility index (Phi) is 2.77. The van der Waals surface area contributed by atoms with Gasteiger partial charge in [0.05, 0.1) is 5.56 Å². The van der Waals surface area contributed by atoms with Crippen LogP contribution in [0.3, 0.4) is 0 Å². The van der Waals surface area contributed by atoms with Crippen LogP contribution in [0.2, 0.25) is 0 Å². The number of carboxylic acid groups (broad SMARTS) is 1. The zero-order valence-corrected chi connectivity index (χ0v) is 9.05. The number of hydrogen-bond donors (Lipinski definition) is 1. The molecule has 0 bridgehead atoms. The van der Waals surface area contributed by atoms with Gasteiger partial charge in [-0.1, -0.05) is 12.1 Å². The molecule has 0 saturated carbocycles. The van der Waals surface area contributed by atoms with E-state index in [0.717, 1.165) is 12.1 Å². The number of aryl methyl sites for hydroxylation is 1. The molecule has 0 fully saturated rings. The van der Waals surface area contributed by atoms with E-state index in [-0.39, 0.29) is 0 Å². The molecule has 0 unspecified atom stereocenters. The summed E-state index contributed by atoms with van der Waals surface area (Å²) in [6.45, 7) is 2.82. The summed E-state index contributed by atoms with van der Waals surface area (Å²) in [5.74, 6) is -0.885. The minimum atomic E-state index is -0.885. The molecule has 0 spiro atoms. The first-order valence-corrected chi connectivity index (χ1v) is 5.11. The molecule has 1 aromatic heterocycles. The largest absolute Gasteiger partial charge is 0.478 e. The molecule has 0 atom stereocenters. The van der Waals surface area contributed by atoms with Crippen molar-refractivity contribution in [3.05, 3.63) is 59.4 Å². The van der Waals surface area contributed by atoms with Gasteiger partial charge in [0.2, 0.25) is 0 Å². The van der Waals surface area contributed by atoms with Crippen molar-refractivity contribution in [1.82, 2.24) is 4.57 Å². The van der Waals surface area contributed by atoms with E-state index in [4.69, 9.17) is 5.11 Å². The molecular weight excluding hydrogens is 202 g/mol. The normalized spacial score (nSPS) is 10.3. The summed E-state index contributed by atoms with van der Waals surface area (Å²) in [5, 5.41) is 8.77. The van der Waals surface area contributed by atoms with Crippen LogP contribution in [0.4, 0.5) is 0 Å². The molecule has 2 aromatic rings. The van der Waals surface area contributed by atoms with E-state index in [2.05, 4.69) is 4.57 Å². The van der Waals surface area contributed by atoms with E-state index in [0.29, 0.717) is 5.56 Å². The Labute approximate surface area is 94.0 Å². The van der Waals surface area contributed by atoms with E-state index in [1.165, 1.54) is 5.69 Å². The Hall–Kier alpha value is -2.03. The Morgan fingerprint density at radius 2 is 1.94 bits per heavy atom. The summed E-state index contributed by atoms with van der Waals surface area (Å²) < 4.78 is 2.12. The van der Waals surface area contributed by atoms with Crippen LogP contribution in [0.1, 0.15) is 21.6 Å². The second-order valence-electron chi connectivity index (χ2n) is 3.78. The summed E-state index contributed by atoms with van der Waals surface area (Å²) >= 11 is 0. The van der Waals surface area contributed by atoms with Crippen LogP contribution in [0, 0.1) is 6.92 Å². The molecule has 0 saturated heterocycles. The van der Waals surface area contributed by atoms with Gasteiger partial charge >= 0.3 is 5.97 Å². The number of benzene rings is 1. The Morgan fingerprint density at radius 3 is 2.44 bits per heavy atom. The van der Waals surface area contributed by atoms with E-state index in [1.54, 1.807) is 12.1 Å². The summed E-state index contributed by atoms with van der Waals surface area (Å²) in [4.78, 5) is 10.7. The van der Waals surface area contributed by atoms with Crippen LogP contribution >= 0.6 is 0 Å². The van der Waals surface area contributed by atoms with Gasteiger partial charge in [-0.2, -0.15) is 0 Å². The lowest BCUT2D eigenvalue weighted by Gasteiger charge is -2.06. The average molecular weight is 215 g/mol. The van der Waals surface area contributed by atoms with Crippen molar-refractivity contribution >= 4 is 5.97 Å². The zero-order chi connectivity index (χ0) is 11.5. The predicted octanol–water partition coefficient (Wildman–Crippen LogP) is 2.54. The van der Waals surface area contributed by atoms with Gasteiger partial charge in [-0.15, -0.1) is 0 Å². The summed E-state index contributed by atoms with van der Waals surface area (Å²) in [5.41, 5.74) is 2.62. The van der Waals surface area contributed by atoms with Gasteiger partial charge in [0.1, 0.15) is 0 Å². The number of carboxylic acids is 1. The molecule has 0 aliphatic carbocycles. The maximum atomic E-state index is 10.7. The van der Waals surface area contributed by atoms with Crippen molar-refractivity contribution in [3.8, 4) is 0 Å². The van der Waals surface area contributed by atoms with Gasteiger partial charge in [0.25, 0.3) is 0 Å².